The van der Waals surface area contributed by atoms with Gasteiger partial charge in [0.15, 0.2) is 5.69 Å². The van der Waals surface area contributed by atoms with Crippen molar-refractivity contribution in [3.63, 3.8) is 0 Å². The van der Waals surface area contributed by atoms with Crippen LogP contribution in [0.15, 0.2) is 24.7 Å². The van der Waals surface area contributed by atoms with Crippen molar-refractivity contribution in [2.45, 2.75) is 51.1 Å². The van der Waals surface area contributed by atoms with Crippen molar-refractivity contribution in [2.24, 2.45) is 0 Å². The highest BCUT2D eigenvalue weighted by Gasteiger charge is 2.39. The Balaban J connectivity index is 1.83. The zero-order valence-corrected chi connectivity index (χ0v) is 17.0. The van der Waals surface area contributed by atoms with Crippen LogP contribution in [0, 0.1) is 0 Å². The highest BCUT2D eigenvalue weighted by molar-refractivity contribution is 6.35. The fraction of sp³-hybridized carbons (Fsp3) is 0.381. The van der Waals surface area contributed by atoms with E-state index < -0.39 is 11.9 Å². The van der Waals surface area contributed by atoms with Gasteiger partial charge in [0, 0.05) is 17.0 Å². The summed E-state index contributed by atoms with van der Waals surface area (Å²) in [5, 5.41) is 7.65. The molecule has 5 rings (SSSR count). The first-order valence-corrected chi connectivity index (χ1v) is 10.4. The molecule has 1 N–H and O–H groups in total. The summed E-state index contributed by atoms with van der Waals surface area (Å²) in [6, 6.07) is 3.17. The number of rotatable bonds is 5. The minimum absolute atomic E-state index is 0.0420. The summed E-state index contributed by atoms with van der Waals surface area (Å²) in [6.45, 7) is 2.09. The van der Waals surface area contributed by atoms with Crippen molar-refractivity contribution in [3.8, 4) is 11.1 Å². The average Bonchev–Trinajstić information content (AvgIpc) is 3.30. The van der Waals surface area contributed by atoms with E-state index in [1.165, 1.54) is 12.4 Å². The smallest absolute Gasteiger partial charge is 0.287 e. The fourth-order valence-corrected chi connectivity index (χ4v) is 4.25. The van der Waals surface area contributed by atoms with E-state index in [1.54, 1.807) is 16.7 Å². The van der Waals surface area contributed by atoms with Crippen molar-refractivity contribution in [3.05, 3.63) is 46.8 Å². The zero-order valence-electron chi connectivity index (χ0n) is 16.2. The molecule has 4 aromatic rings. The van der Waals surface area contributed by atoms with Crippen LogP contribution in [0.2, 0.25) is 5.02 Å². The molecule has 5 nitrogen and oxygen atoms in total. The Labute approximate surface area is 175 Å². The number of unbranched alkanes of at least 4 members (excludes halogenated alkanes) is 1. The molecule has 1 aliphatic carbocycles. The summed E-state index contributed by atoms with van der Waals surface area (Å²) in [7, 11) is 0. The number of alkyl halides is 3. The number of aromatic amines is 1. The predicted molar refractivity (Wildman–Crippen MR) is 109 cm³/mol. The third-order valence-electron chi connectivity index (χ3n) is 5.59. The third kappa shape index (κ3) is 3.14. The molecule has 9 heteroatoms. The number of aryl methyl sites for hydroxylation is 1. The van der Waals surface area contributed by atoms with Crippen LogP contribution in [0.1, 0.15) is 55.6 Å². The Morgan fingerprint density at radius 1 is 1.27 bits per heavy atom. The van der Waals surface area contributed by atoms with Gasteiger partial charge in [0.05, 0.1) is 28.0 Å². The van der Waals surface area contributed by atoms with Crippen LogP contribution in [0.5, 0.6) is 0 Å². The lowest BCUT2D eigenvalue weighted by atomic mass is 10.0. The van der Waals surface area contributed by atoms with Gasteiger partial charge in [-0.15, -0.1) is 0 Å². The topological polar surface area (TPSA) is 58.9 Å². The number of hydrogen-bond acceptors (Lipinski definition) is 3. The van der Waals surface area contributed by atoms with Crippen LogP contribution in [0.3, 0.4) is 0 Å². The number of benzene rings is 1. The van der Waals surface area contributed by atoms with Crippen LogP contribution in [0.25, 0.3) is 27.7 Å². The predicted octanol–water partition coefficient (Wildman–Crippen LogP) is 6.16. The van der Waals surface area contributed by atoms with E-state index in [2.05, 4.69) is 22.1 Å². The fourth-order valence-electron chi connectivity index (χ4n) is 3.99. The highest BCUT2D eigenvalue weighted by Crippen LogP contribution is 2.45. The Hall–Kier alpha value is -2.61. The SMILES string of the molecule is CCCCc1c(C2CC2)nc2c(-c3cc(Cl)c4[nH]ncc4c3)c(C(F)(F)F)ncn12. The first-order chi connectivity index (χ1) is 14.4. The molecule has 3 aromatic heterocycles. The number of imidazole rings is 1. The second-order valence-electron chi connectivity index (χ2n) is 7.77. The van der Waals surface area contributed by atoms with Crippen molar-refractivity contribution in [2.75, 3.05) is 0 Å². The standard InChI is InChI=1S/C21H19ClF3N5/c1-2-3-4-15-18(11-5-6-11)28-20-16(19(21(23,24)25)26-10-30(15)20)12-7-13-9-27-29-17(13)14(22)8-12/h7-11H,2-6H2,1H3,(H,27,29). The van der Waals surface area contributed by atoms with Gasteiger partial charge in [-0.2, -0.15) is 18.3 Å². The molecule has 0 saturated heterocycles. The average molecular weight is 434 g/mol. The quantitative estimate of drug-likeness (QED) is 0.409. The molecule has 0 radical (unpaired) electrons. The summed E-state index contributed by atoms with van der Waals surface area (Å²) >= 11 is 6.34. The van der Waals surface area contributed by atoms with E-state index in [4.69, 9.17) is 16.6 Å². The molecule has 0 spiro atoms. The molecule has 0 bridgehead atoms. The number of halogens is 4. The summed E-state index contributed by atoms with van der Waals surface area (Å²) in [4.78, 5) is 8.58. The molecule has 3 heterocycles. The number of aromatic nitrogens is 5. The Morgan fingerprint density at radius 3 is 2.77 bits per heavy atom. The summed E-state index contributed by atoms with van der Waals surface area (Å²) in [5.41, 5.74) is 2.06. The molecular weight excluding hydrogens is 415 g/mol. The van der Waals surface area contributed by atoms with Crippen LogP contribution in [-0.4, -0.2) is 24.6 Å². The first kappa shape index (κ1) is 19.4. The number of nitrogens with one attached hydrogen (secondary N) is 1. The molecule has 30 heavy (non-hydrogen) atoms. The summed E-state index contributed by atoms with van der Waals surface area (Å²) in [6.07, 6.45) is 2.92. The van der Waals surface area contributed by atoms with Crippen LogP contribution < -0.4 is 0 Å². The van der Waals surface area contributed by atoms with Crippen molar-refractivity contribution in [1.29, 1.82) is 0 Å². The van der Waals surface area contributed by atoms with E-state index in [0.717, 1.165) is 43.5 Å². The lowest BCUT2D eigenvalue weighted by molar-refractivity contribution is -0.140. The van der Waals surface area contributed by atoms with Gasteiger partial charge in [-0.3, -0.25) is 9.50 Å². The lowest BCUT2D eigenvalue weighted by Gasteiger charge is -2.14. The second kappa shape index (κ2) is 6.97. The van der Waals surface area contributed by atoms with Crippen LogP contribution in [-0.2, 0) is 12.6 Å². The van der Waals surface area contributed by atoms with E-state index in [-0.39, 0.29) is 11.2 Å². The van der Waals surface area contributed by atoms with E-state index in [0.29, 0.717) is 27.4 Å². The second-order valence-corrected chi connectivity index (χ2v) is 8.18. The van der Waals surface area contributed by atoms with Crippen molar-refractivity contribution in [1.82, 2.24) is 24.6 Å². The van der Waals surface area contributed by atoms with Gasteiger partial charge in [0.1, 0.15) is 12.0 Å². The van der Waals surface area contributed by atoms with E-state index in [9.17, 15) is 13.2 Å². The summed E-state index contributed by atoms with van der Waals surface area (Å²) in [5.74, 6) is 0.318. The maximum Gasteiger partial charge on any atom is 0.434 e. The summed E-state index contributed by atoms with van der Waals surface area (Å²) < 4.78 is 43.6. The molecule has 0 unspecified atom stereocenters. The molecular formula is C21H19ClF3N5. The lowest BCUT2D eigenvalue weighted by Crippen LogP contribution is -2.12. The molecule has 1 fully saturated rings. The zero-order chi connectivity index (χ0) is 21.0. The third-order valence-corrected chi connectivity index (χ3v) is 5.89. The molecule has 1 aromatic carbocycles. The molecule has 0 aliphatic heterocycles. The monoisotopic (exact) mass is 433 g/mol. The van der Waals surface area contributed by atoms with Gasteiger partial charge >= 0.3 is 6.18 Å². The van der Waals surface area contributed by atoms with Gasteiger partial charge in [0.25, 0.3) is 0 Å². The number of nitrogens with zero attached hydrogens (tertiary/aromatic N) is 4. The maximum absolute atomic E-state index is 13.9. The van der Waals surface area contributed by atoms with Gasteiger partial charge in [-0.25, -0.2) is 9.97 Å². The minimum Gasteiger partial charge on any atom is -0.287 e. The van der Waals surface area contributed by atoms with Gasteiger partial charge < -0.3 is 0 Å². The van der Waals surface area contributed by atoms with Gasteiger partial charge in [0.2, 0.25) is 0 Å². The van der Waals surface area contributed by atoms with E-state index in [1.807, 2.05) is 0 Å². The Morgan fingerprint density at radius 2 is 2.07 bits per heavy atom. The Bertz CT molecular complexity index is 1250. The number of H-pyrrole nitrogens is 1. The largest absolute Gasteiger partial charge is 0.434 e. The molecule has 1 saturated carbocycles. The highest BCUT2D eigenvalue weighted by atomic mass is 35.5. The number of fused-ring (bicyclic) bond motifs is 2. The Kier molecular flexibility index (Phi) is 4.50. The van der Waals surface area contributed by atoms with Crippen LogP contribution >= 0.6 is 11.6 Å². The molecule has 1 aliphatic rings. The van der Waals surface area contributed by atoms with Gasteiger partial charge in [-0.1, -0.05) is 24.9 Å². The van der Waals surface area contributed by atoms with Crippen LogP contribution in [0.4, 0.5) is 13.2 Å². The van der Waals surface area contributed by atoms with Crippen molar-refractivity contribution >= 4 is 28.2 Å². The maximum atomic E-state index is 13.9. The van der Waals surface area contributed by atoms with Crippen molar-refractivity contribution < 1.29 is 13.2 Å². The normalized spacial score (nSPS) is 14.8. The number of hydrogen-bond donors (Lipinski definition) is 1. The molecule has 0 amide bonds. The van der Waals surface area contributed by atoms with E-state index >= 15 is 0 Å². The molecule has 156 valence electrons. The molecule has 0 atom stereocenters. The minimum atomic E-state index is -4.62. The first-order valence-electron chi connectivity index (χ1n) is 9.98. The van der Waals surface area contributed by atoms with Gasteiger partial charge in [-0.05, 0) is 43.4 Å².